The lowest BCUT2D eigenvalue weighted by Crippen LogP contribution is -2.30. The number of halogens is 4. The minimum Gasteiger partial charge on any atom is -0.497 e. The number of benzene rings is 4. The Bertz CT molecular complexity index is 1760. The van der Waals surface area contributed by atoms with E-state index in [2.05, 4.69) is 10.6 Å². The van der Waals surface area contributed by atoms with Crippen LogP contribution >= 0.6 is 11.8 Å². The third-order valence-corrected chi connectivity index (χ3v) is 7.53. The molecule has 0 fully saturated rings. The Morgan fingerprint density at radius 3 is 2.07 bits per heavy atom. The van der Waals surface area contributed by atoms with Crippen molar-refractivity contribution in [2.24, 2.45) is 0 Å². The van der Waals surface area contributed by atoms with Gasteiger partial charge in [-0.1, -0.05) is 18.2 Å². The molecule has 0 bridgehead atoms. The second-order valence-corrected chi connectivity index (χ2v) is 11.0. The zero-order valence-corrected chi connectivity index (χ0v) is 25.4. The van der Waals surface area contributed by atoms with Crippen molar-refractivity contribution in [2.75, 3.05) is 24.9 Å². The van der Waals surface area contributed by atoms with Gasteiger partial charge in [0.2, 0.25) is 5.91 Å². The summed E-state index contributed by atoms with van der Waals surface area (Å²) >= 11 is 0.989. The van der Waals surface area contributed by atoms with Gasteiger partial charge >= 0.3 is 0 Å². The van der Waals surface area contributed by atoms with E-state index in [-0.39, 0.29) is 11.8 Å². The lowest BCUT2D eigenvalue weighted by molar-refractivity contribution is -0.115. The number of hydrogen-bond donors (Lipinski definition) is 3. The van der Waals surface area contributed by atoms with Crippen molar-refractivity contribution in [3.8, 4) is 11.5 Å². The van der Waals surface area contributed by atoms with Crippen LogP contribution in [0.4, 0.5) is 28.9 Å². The molecule has 0 saturated carbocycles. The van der Waals surface area contributed by atoms with Gasteiger partial charge in [-0.2, -0.15) is 0 Å². The first-order valence-corrected chi connectivity index (χ1v) is 14.4. The topological polar surface area (TPSA) is 106 Å². The first-order chi connectivity index (χ1) is 22.0. The van der Waals surface area contributed by atoms with Gasteiger partial charge in [-0.05, 0) is 67.6 Å². The van der Waals surface area contributed by atoms with Gasteiger partial charge in [0, 0.05) is 27.8 Å². The van der Waals surface area contributed by atoms with Crippen LogP contribution in [-0.2, 0) is 9.59 Å². The molecule has 0 aliphatic heterocycles. The molecule has 0 aliphatic carbocycles. The minimum atomic E-state index is -1.72. The summed E-state index contributed by atoms with van der Waals surface area (Å²) < 4.78 is 65.6. The highest BCUT2D eigenvalue weighted by molar-refractivity contribution is 8.00. The summed E-state index contributed by atoms with van der Waals surface area (Å²) in [6.45, 7) is 1.43. The van der Waals surface area contributed by atoms with Crippen LogP contribution in [0.3, 0.4) is 0 Å². The van der Waals surface area contributed by atoms with Crippen molar-refractivity contribution in [2.45, 2.75) is 17.1 Å². The lowest BCUT2D eigenvalue weighted by atomic mass is 10.1. The zero-order chi connectivity index (χ0) is 33.4. The smallest absolute Gasteiger partial charge is 0.272 e. The Morgan fingerprint density at radius 2 is 1.46 bits per heavy atom. The summed E-state index contributed by atoms with van der Waals surface area (Å²) in [6.07, 6.45) is 1.44. The van der Waals surface area contributed by atoms with Crippen LogP contribution in [0.1, 0.15) is 22.8 Å². The number of thioether (sulfide) groups is 1. The normalized spacial score (nSPS) is 11.8. The second-order valence-electron chi connectivity index (χ2n) is 9.56. The van der Waals surface area contributed by atoms with Crippen molar-refractivity contribution in [3.63, 3.8) is 0 Å². The summed E-state index contributed by atoms with van der Waals surface area (Å²) in [5.74, 6) is -7.90. The summed E-state index contributed by atoms with van der Waals surface area (Å²) in [7, 11) is 2.95. The fourth-order valence-electron chi connectivity index (χ4n) is 4.03. The Labute approximate surface area is 265 Å². The molecule has 13 heteroatoms. The number of amides is 3. The van der Waals surface area contributed by atoms with Crippen LogP contribution < -0.4 is 25.4 Å². The fraction of sp³-hybridized carbons (Fsp3) is 0.121. The fourth-order valence-corrected chi connectivity index (χ4v) is 4.90. The van der Waals surface area contributed by atoms with E-state index >= 15 is 0 Å². The molecule has 3 N–H and O–H groups in total. The quantitative estimate of drug-likeness (QED) is 0.0713. The molecule has 0 radical (unpaired) electrons. The van der Waals surface area contributed by atoms with Crippen molar-refractivity contribution in [1.82, 2.24) is 5.32 Å². The average Bonchev–Trinajstić information content (AvgIpc) is 3.06. The van der Waals surface area contributed by atoms with E-state index in [1.165, 1.54) is 39.4 Å². The van der Waals surface area contributed by atoms with Crippen LogP contribution in [0.5, 0.6) is 11.5 Å². The maximum Gasteiger partial charge on any atom is 0.272 e. The number of anilines is 2. The zero-order valence-electron chi connectivity index (χ0n) is 24.6. The molecule has 0 heterocycles. The molecular formula is C33H27F4N3O5S. The van der Waals surface area contributed by atoms with Gasteiger partial charge in [-0.15, -0.1) is 11.8 Å². The van der Waals surface area contributed by atoms with Crippen LogP contribution in [0.15, 0.2) is 89.5 Å². The molecule has 4 aromatic carbocycles. The van der Waals surface area contributed by atoms with Crippen molar-refractivity contribution >= 4 is 46.9 Å². The van der Waals surface area contributed by atoms with E-state index < -0.39 is 51.9 Å². The first-order valence-electron chi connectivity index (χ1n) is 13.5. The van der Waals surface area contributed by atoms with E-state index in [1.807, 2.05) is 5.32 Å². The van der Waals surface area contributed by atoms with Gasteiger partial charge in [-0.3, -0.25) is 14.4 Å². The van der Waals surface area contributed by atoms with Gasteiger partial charge in [-0.25, -0.2) is 17.6 Å². The predicted molar refractivity (Wildman–Crippen MR) is 167 cm³/mol. The number of ether oxygens (including phenoxy) is 2. The molecule has 3 amide bonds. The van der Waals surface area contributed by atoms with Crippen LogP contribution in [0.2, 0.25) is 0 Å². The highest BCUT2D eigenvalue weighted by atomic mass is 32.2. The number of rotatable bonds is 11. The van der Waals surface area contributed by atoms with Crippen LogP contribution in [-0.4, -0.2) is 37.2 Å². The monoisotopic (exact) mass is 653 g/mol. The molecule has 0 aromatic heterocycles. The summed E-state index contributed by atoms with van der Waals surface area (Å²) in [6, 6.07) is 19.6. The molecule has 0 spiro atoms. The second kappa shape index (κ2) is 15.1. The number of nitrogens with one attached hydrogen (secondary N) is 3. The number of carbonyl (C=O) groups excluding carboxylic acids is 3. The van der Waals surface area contributed by atoms with E-state index in [9.17, 15) is 31.9 Å². The highest BCUT2D eigenvalue weighted by Gasteiger charge is 2.24. The predicted octanol–water partition coefficient (Wildman–Crippen LogP) is 6.79. The molecule has 0 saturated heterocycles. The van der Waals surface area contributed by atoms with E-state index in [1.54, 1.807) is 60.7 Å². The van der Waals surface area contributed by atoms with Crippen molar-refractivity contribution < 1.29 is 41.4 Å². The lowest BCUT2D eigenvalue weighted by Gasteiger charge is -2.15. The molecule has 0 aliphatic rings. The number of carbonyl (C=O) groups is 3. The molecule has 4 aromatic rings. The van der Waals surface area contributed by atoms with Gasteiger partial charge < -0.3 is 25.4 Å². The first kappa shape index (κ1) is 33.6. The summed E-state index contributed by atoms with van der Waals surface area (Å²) in [4.78, 5) is 39.5. The van der Waals surface area contributed by atoms with E-state index in [4.69, 9.17) is 9.47 Å². The molecule has 46 heavy (non-hydrogen) atoms. The third kappa shape index (κ3) is 8.24. The number of hydrogen-bond acceptors (Lipinski definition) is 6. The Hall–Kier alpha value is -5.30. The van der Waals surface area contributed by atoms with Gasteiger partial charge in [0.25, 0.3) is 11.8 Å². The molecule has 1 unspecified atom stereocenters. The molecular weight excluding hydrogens is 626 g/mol. The molecule has 8 nitrogen and oxygen atoms in total. The number of methoxy groups -OCH3 is 2. The highest BCUT2D eigenvalue weighted by Crippen LogP contribution is 2.29. The van der Waals surface area contributed by atoms with Gasteiger partial charge in [0.05, 0.1) is 19.5 Å². The maximum absolute atomic E-state index is 14.0. The van der Waals surface area contributed by atoms with Crippen LogP contribution in [0.25, 0.3) is 6.08 Å². The summed E-state index contributed by atoms with van der Waals surface area (Å²) in [5.41, 5.74) is -0.199. The maximum atomic E-state index is 14.0. The minimum absolute atomic E-state index is 0.0461. The Kier molecular flexibility index (Phi) is 11.0. The van der Waals surface area contributed by atoms with Crippen molar-refractivity contribution in [3.05, 3.63) is 119 Å². The SMILES string of the molecule is COc1ccc(OC)c(/C=C(\NC(=O)c2ccccc2)C(=O)Nc2ccc(SC(C)C(=O)Nc3c(F)c(F)cc(F)c3F)cc2)c1. The van der Waals surface area contributed by atoms with Crippen LogP contribution in [0, 0.1) is 23.3 Å². The third-order valence-electron chi connectivity index (χ3n) is 6.42. The Balaban J connectivity index is 1.50. The van der Waals surface area contributed by atoms with E-state index in [0.717, 1.165) is 11.8 Å². The molecule has 238 valence electrons. The molecule has 4 rings (SSSR count). The standard InChI is InChI=1S/C33H27F4N3O5S/c1-18(31(41)40-30-28(36)24(34)17-25(35)29(30)37)46-23-12-9-21(10-13-23)38-33(43)26(39-32(42)19-7-5-4-6-8-19)16-20-15-22(44-2)11-14-27(20)45-3/h4-18H,1-3H3,(H,38,43)(H,39,42)(H,40,41)/b26-16-. The van der Waals surface area contributed by atoms with Crippen molar-refractivity contribution in [1.29, 1.82) is 0 Å². The van der Waals surface area contributed by atoms with Gasteiger partial charge in [0.1, 0.15) is 22.9 Å². The van der Waals surface area contributed by atoms with E-state index in [0.29, 0.717) is 33.2 Å². The average molecular weight is 654 g/mol. The summed E-state index contributed by atoms with van der Waals surface area (Å²) in [5, 5.41) is 6.30. The molecule has 1 atom stereocenters. The Morgan fingerprint density at radius 1 is 0.804 bits per heavy atom. The largest absolute Gasteiger partial charge is 0.497 e. The van der Waals surface area contributed by atoms with Gasteiger partial charge in [0.15, 0.2) is 23.3 Å².